The average Bonchev–Trinajstić information content (AvgIpc) is 2.29. The van der Waals surface area contributed by atoms with Crippen molar-refractivity contribution in [3.8, 4) is 5.75 Å². The first-order valence-corrected chi connectivity index (χ1v) is 5.70. The number of hydrogen-bond acceptors (Lipinski definition) is 3. The fourth-order valence-electron chi connectivity index (χ4n) is 1.98. The van der Waals surface area contributed by atoms with Gasteiger partial charge in [-0.15, -0.1) is 0 Å². The summed E-state index contributed by atoms with van der Waals surface area (Å²) in [5.41, 5.74) is 7.26. The summed E-state index contributed by atoms with van der Waals surface area (Å²) in [6.45, 7) is 5.15. The minimum absolute atomic E-state index is 0.0945. The van der Waals surface area contributed by atoms with Gasteiger partial charge in [0, 0.05) is 12.1 Å². The number of benzene rings is 1. The molecule has 0 aliphatic heterocycles. The minimum atomic E-state index is 0.0945. The van der Waals surface area contributed by atoms with Crippen LogP contribution in [0.2, 0.25) is 0 Å². The maximum Gasteiger partial charge on any atom is 0.119 e. The highest BCUT2D eigenvalue weighted by molar-refractivity contribution is 5.31. The van der Waals surface area contributed by atoms with Crippen molar-refractivity contribution in [1.29, 1.82) is 0 Å². The van der Waals surface area contributed by atoms with Gasteiger partial charge in [-0.05, 0) is 38.2 Å². The highest BCUT2D eigenvalue weighted by Gasteiger charge is 2.20. The Balaban J connectivity index is 3.00. The van der Waals surface area contributed by atoms with Gasteiger partial charge in [-0.3, -0.25) is 4.90 Å². The van der Waals surface area contributed by atoms with Gasteiger partial charge < -0.3 is 10.5 Å². The lowest BCUT2D eigenvalue weighted by molar-refractivity contribution is 0.229. The summed E-state index contributed by atoms with van der Waals surface area (Å²) in [6.07, 6.45) is 0. The zero-order chi connectivity index (χ0) is 12.1. The molecule has 1 aromatic carbocycles. The van der Waals surface area contributed by atoms with E-state index in [0.29, 0.717) is 0 Å². The zero-order valence-electron chi connectivity index (χ0n) is 10.6. The molecule has 0 saturated heterocycles. The predicted molar refractivity (Wildman–Crippen MR) is 67.7 cm³/mol. The summed E-state index contributed by atoms with van der Waals surface area (Å²) in [7, 11) is 3.77. The van der Waals surface area contributed by atoms with Gasteiger partial charge in [-0.2, -0.15) is 0 Å². The van der Waals surface area contributed by atoms with Crippen LogP contribution in [0.25, 0.3) is 0 Å². The van der Waals surface area contributed by atoms with Crippen molar-refractivity contribution in [2.24, 2.45) is 5.73 Å². The lowest BCUT2D eigenvalue weighted by atomic mass is 9.99. The molecule has 16 heavy (non-hydrogen) atoms. The van der Waals surface area contributed by atoms with Crippen LogP contribution in [0.1, 0.15) is 25.5 Å². The molecular formula is C13H22N2O. The number of nitrogens with two attached hydrogens (primary N) is 1. The smallest absolute Gasteiger partial charge is 0.119 e. The quantitative estimate of drug-likeness (QED) is 0.828. The number of hydrogen-bond donors (Lipinski definition) is 1. The van der Waals surface area contributed by atoms with Crippen LogP contribution < -0.4 is 10.5 Å². The van der Waals surface area contributed by atoms with E-state index in [1.165, 1.54) is 5.56 Å². The molecule has 3 heteroatoms. The molecular weight excluding hydrogens is 200 g/mol. The van der Waals surface area contributed by atoms with Gasteiger partial charge in [0.15, 0.2) is 0 Å². The molecule has 1 rings (SSSR count). The maximum absolute atomic E-state index is 6.05. The van der Waals surface area contributed by atoms with Crippen LogP contribution in [0.3, 0.4) is 0 Å². The van der Waals surface area contributed by atoms with Gasteiger partial charge >= 0.3 is 0 Å². The number of nitrogens with zero attached hydrogens (tertiary/aromatic N) is 1. The van der Waals surface area contributed by atoms with Crippen LogP contribution in [0.4, 0.5) is 0 Å². The molecule has 2 atom stereocenters. The molecule has 2 N–H and O–H groups in total. The van der Waals surface area contributed by atoms with Gasteiger partial charge in [-0.1, -0.05) is 19.1 Å². The van der Waals surface area contributed by atoms with Crippen molar-refractivity contribution in [3.05, 3.63) is 29.8 Å². The Bertz CT molecular complexity index is 325. The molecule has 0 saturated carbocycles. The van der Waals surface area contributed by atoms with Crippen molar-refractivity contribution in [3.63, 3.8) is 0 Å². The van der Waals surface area contributed by atoms with Crippen molar-refractivity contribution in [1.82, 2.24) is 4.90 Å². The lowest BCUT2D eigenvalue weighted by Crippen LogP contribution is -2.37. The van der Waals surface area contributed by atoms with Crippen molar-refractivity contribution < 1.29 is 4.74 Å². The SMILES string of the molecule is CCN(C)C(c1cccc(OC)c1)C(C)N. The highest BCUT2D eigenvalue weighted by Crippen LogP contribution is 2.25. The van der Waals surface area contributed by atoms with E-state index in [1.807, 2.05) is 19.1 Å². The third-order valence-corrected chi connectivity index (χ3v) is 2.91. The fourth-order valence-corrected chi connectivity index (χ4v) is 1.98. The van der Waals surface area contributed by atoms with E-state index in [0.717, 1.165) is 12.3 Å². The monoisotopic (exact) mass is 222 g/mol. The van der Waals surface area contributed by atoms with Crippen LogP contribution in [0.15, 0.2) is 24.3 Å². The molecule has 2 unspecified atom stereocenters. The Labute approximate surface area is 98.2 Å². The first kappa shape index (κ1) is 13.0. The molecule has 0 fully saturated rings. The summed E-state index contributed by atoms with van der Waals surface area (Å²) < 4.78 is 5.24. The third kappa shape index (κ3) is 2.97. The van der Waals surface area contributed by atoms with E-state index in [2.05, 4.69) is 31.0 Å². The molecule has 0 bridgehead atoms. The topological polar surface area (TPSA) is 38.5 Å². The van der Waals surface area contributed by atoms with E-state index in [4.69, 9.17) is 10.5 Å². The molecule has 0 aromatic heterocycles. The van der Waals surface area contributed by atoms with Gasteiger partial charge in [-0.25, -0.2) is 0 Å². The second-order valence-electron chi connectivity index (χ2n) is 4.15. The van der Waals surface area contributed by atoms with Gasteiger partial charge in [0.25, 0.3) is 0 Å². The van der Waals surface area contributed by atoms with Gasteiger partial charge in [0.1, 0.15) is 5.75 Å². The maximum atomic E-state index is 6.05. The summed E-state index contributed by atoms with van der Waals surface area (Å²) in [5.74, 6) is 0.882. The van der Waals surface area contributed by atoms with Gasteiger partial charge in [0.2, 0.25) is 0 Å². The Morgan fingerprint density at radius 3 is 2.62 bits per heavy atom. The van der Waals surface area contributed by atoms with Crippen LogP contribution in [-0.2, 0) is 0 Å². The Kier molecular flexibility index (Phi) is 4.77. The average molecular weight is 222 g/mol. The van der Waals surface area contributed by atoms with Crippen LogP contribution >= 0.6 is 0 Å². The molecule has 0 heterocycles. The summed E-state index contributed by atoms with van der Waals surface area (Å²) in [5, 5.41) is 0. The Morgan fingerprint density at radius 1 is 1.44 bits per heavy atom. The molecule has 0 aliphatic carbocycles. The molecule has 0 aliphatic rings. The van der Waals surface area contributed by atoms with Gasteiger partial charge in [0.05, 0.1) is 7.11 Å². The summed E-state index contributed by atoms with van der Waals surface area (Å²) >= 11 is 0. The normalized spacial score (nSPS) is 14.9. The van der Waals surface area contributed by atoms with Crippen molar-refractivity contribution >= 4 is 0 Å². The van der Waals surface area contributed by atoms with Crippen molar-refractivity contribution in [2.75, 3.05) is 20.7 Å². The first-order valence-electron chi connectivity index (χ1n) is 5.70. The van der Waals surface area contributed by atoms with E-state index in [-0.39, 0.29) is 12.1 Å². The number of likely N-dealkylation sites (N-methyl/N-ethyl adjacent to an activating group) is 1. The van der Waals surface area contributed by atoms with E-state index in [1.54, 1.807) is 7.11 Å². The highest BCUT2D eigenvalue weighted by atomic mass is 16.5. The van der Waals surface area contributed by atoms with Crippen LogP contribution in [0.5, 0.6) is 5.75 Å². The summed E-state index contributed by atoms with van der Waals surface area (Å²) in [6, 6.07) is 8.45. The number of ether oxygens (including phenoxy) is 1. The number of methoxy groups -OCH3 is 1. The fraction of sp³-hybridized carbons (Fsp3) is 0.538. The second kappa shape index (κ2) is 5.87. The number of rotatable bonds is 5. The lowest BCUT2D eigenvalue weighted by Gasteiger charge is -2.30. The van der Waals surface area contributed by atoms with E-state index < -0.39 is 0 Å². The second-order valence-corrected chi connectivity index (χ2v) is 4.15. The molecule has 1 aromatic rings. The zero-order valence-corrected chi connectivity index (χ0v) is 10.6. The molecule has 0 amide bonds. The van der Waals surface area contributed by atoms with Crippen LogP contribution in [0, 0.1) is 0 Å². The molecule has 0 spiro atoms. The minimum Gasteiger partial charge on any atom is -0.497 e. The van der Waals surface area contributed by atoms with Crippen LogP contribution in [-0.4, -0.2) is 31.6 Å². The largest absolute Gasteiger partial charge is 0.497 e. The molecule has 0 radical (unpaired) electrons. The predicted octanol–water partition coefficient (Wildman–Crippen LogP) is 2.04. The first-order chi connectivity index (χ1) is 7.60. The third-order valence-electron chi connectivity index (χ3n) is 2.91. The molecule has 3 nitrogen and oxygen atoms in total. The standard InChI is InChI=1S/C13H22N2O/c1-5-15(3)13(10(2)14)11-7-6-8-12(9-11)16-4/h6-10,13H,5,14H2,1-4H3. The van der Waals surface area contributed by atoms with Crippen molar-refractivity contribution in [2.45, 2.75) is 25.9 Å². The van der Waals surface area contributed by atoms with E-state index >= 15 is 0 Å². The Hall–Kier alpha value is -1.06. The Morgan fingerprint density at radius 2 is 2.12 bits per heavy atom. The summed E-state index contributed by atoms with van der Waals surface area (Å²) in [4.78, 5) is 2.25. The molecule has 90 valence electrons. The van der Waals surface area contributed by atoms with E-state index in [9.17, 15) is 0 Å².